The van der Waals surface area contributed by atoms with Gasteiger partial charge in [-0.25, -0.2) is 13.1 Å². The van der Waals surface area contributed by atoms with E-state index < -0.39 is 10.0 Å². The first-order valence-corrected chi connectivity index (χ1v) is 12.8. The summed E-state index contributed by atoms with van der Waals surface area (Å²) in [5.41, 5.74) is 3.66. The van der Waals surface area contributed by atoms with Crippen LogP contribution in [0.15, 0.2) is 29.4 Å². The summed E-state index contributed by atoms with van der Waals surface area (Å²) in [4.78, 5) is 7.77. The summed E-state index contributed by atoms with van der Waals surface area (Å²) >= 11 is 0. The molecule has 32 heavy (non-hydrogen) atoms. The third-order valence-corrected chi connectivity index (χ3v) is 6.80. The zero-order valence-electron chi connectivity index (χ0n) is 18.9. The lowest BCUT2D eigenvalue weighted by Crippen LogP contribution is -2.39. The van der Waals surface area contributed by atoms with E-state index in [1.807, 2.05) is 6.92 Å². The lowest BCUT2D eigenvalue weighted by Gasteiger charge is -2.22. The Morgan fingerprint density at radius 2 is 2.12 bits per heavy atom. The molecule has 1 aromatic heterocycles. The standard InChI is InChI=1S/C22H35N5O3S.HI/c1-3-23-22(24-11-10-18-15-26-21-17(2)7-6-9-20(18)21)25-12-14-31(28,29)27-16-19-8-4-5-13-30-19;/h6-7,9,15,19,26-27H,3-5,8,10-14,16H2,1-2H3,(H2,23,24,25);1H. The van der Waals surface area contributed by atoms with Gasteiger partial charge in [0.1, 0.15) is 0 Å². The Morgan fingerprint density at radius 1 is 1.28 bits per heavy atom. The van der Waals surface area contributed by atoms with Gasteiger partial charge >= 0.3 is 0 Å². The Morgan fingerprint density at radius 3 is 2.88 bits per heavy atom. The van der Waals surface area contributed by atoms with Crippen molar-refractivity contribution in [2.45, 2.75) is 45.6 Å². The number of aliphatic imine (C=N–C) groups is 1. The van der Waals surface area contributed by atoms with Crippen LogP contribution in [-0.4, -0.2) is 64.0 Å². The van der Waals surface area contributed by atoms with Crippen LogP contribution in [0.2, 0.25) is 0 Å². The maximum atomic E-state index is 12.3. The number of halogens is 1. The summed E-state index contributed by atoms with van der Waals surface area (Å²) < 4.78 is 32.7. The van der Waals surface area contributed by atoms with Gasteiger partial charge in [0.2, 0.25) is 10.0 Å². The number of aromatic amines is 1. The third-order valence-electron chi connectivity index (χ3n) is 5.48. The van der Waals surface area contributed by atoms with Crippen LogP contribution in [0.1, 0.15) is 37.3 Å². The monoisotopic (exact) mass is 577 g/mol. The van der Waals surface area contributed by atoms with Gasteiger partial charge in [-0.1, -0.05) is 18.2 Å². The van der Waals surface area contributed by atoms with Crippen molar-refractivity contribution in [3.8, 4) is 0 Å². The predicted octanol–water partition coefficient (Wildman–Crippen LogP) is 2.68. The normalized spacial score (nSPS) is 17.2. The molecule has 1 atom stereocenters. The van der Waals surface area contributed by atoms with Crippen molar-refractivity contribution in [1.82, 2.24) is 20.3 Å². The van der Waals surface area contributed by atoms with Crippen molar-refractivity contribution < 1.29 is 13.2 Å². The van der Waals surface area contributed by atoms with Crippen molar-refractivity contribution in [2.75, 3.05) is 38.5 Å². The molecule has 2 aromatic rings. The van der Waals surface area contributed by atoms with Gasteiger partial charge in [-0.2, -0.15) is 0 Å². The fourth-order valence-corrected chi connectivity index (χ4v) is 4.68. The zero-order chi connectivity index (χ0) is 22.1. The minimum Gasteiger partial charge on any atom is -0.377 e. The molecule has 1 aliphatic heterocycles. The second-order valence-corrected chi connectivity index (χ2v) is 9.83. The Hall–Kier alpha value is -1.37. The molecule has 10 heteroatoms. The van der Waals surface area contributed by atoms with E-state index in [1.54, 1.807) is 0 Å². The number of sulfonamides is 1. The lowest BCUT2D eigenvalue weighted by atomic mass is 10.1. The summed E-state index contributed by atoms with van der Waals surface area (Å²) in [6, 6.07) is 6.30. The highest BCUT2D eigenvalue weighted by Gasteiger charge is 2.17. The molecule has 1 saturated heterocycles. The average Bonchev–Trinajstić information content (AvgIpc) is 3.17. The van der Waals surface area contributed by atoms with E-state index in [4.69, 9.17) is 4.74 Å². The number of hydrogen-bond donors (Lipinski definition) is 4. The van der Waals surface area contributed by atoms with Gasteiger partial charge < -0.3 is 20.4 Å². The highest BCUT2D eigenvalue weighted by Crippen LogP contribution is 2.21. The number of benzene rings is 1. The molecule has 0 bridgehead atoms. The molecule has 1 fully saturated rings. The van der Waals surface area contributed by atoms with Crippen molar-refractivity contribution in [3.05, 3.63) is 35.5 Å². The number of ether oxygens (including phenoxy) is 1. The summed E-state index contributed by atoms with van der Waals surface area (Å²) in [6.07, 6.45) is 5.93. The number of aryl methyl sites for hydroxylation is 1. The average molecular weight is 578 g/mol. The number of guanidine groups is 1. The lowest BCUT2D eigenvalue weighted by molar-refractivity contribution is 0.0200. The molecule has 1 aliphatic rings. The van der Waals surface area contributed by atoms with E-state index in [-0.39, 0.29) is 42.4 Å². The van der Waals surface area contributed by atoms with Crippen LogP contribution in [0, 0.1) is 6.92 Å². The topological polar surface area (TPSA) is 108 Å². The van der Waals surface area contributed by atoms with Gasteiger partial charge in [0.05, 0.1) is 18.4 Å². The molecule has 180 valence electrons. The number of H-pyrrole nitrogens is 1. The largest absolute Gasteiger partial charge is 0.377 e. The summed E-state index contributed by atoms with van der Waals surface area (Å²) in [5, 5.41) is 7.71. The van der Waals surface area contributed by atoms with E-state index in [2.05, 4.69) is 56.7 Å². The minimum absolute atomic E-state index is 0. The van der Waals surface area contributed by atoms with E-state index in [0.29, 0.717) is 32.2 Å². The van der Waals surface area contributed by atoms with Crippen LogP contribution < -0.4 is 15.4 Å². The summed E-state index contributed by atoms with van der Waals surface area (Å²) in [6.45, 7) is 6.76. The molecule has 1 aromatic carbocycles. The Labute approximate surface area is 208 Å². The quantitative estimate of drug-likeness (QED) is 0.197. The van der Waals surface area contributed by atoms with E-state index in [9.17, 15) is 8.42 Å². The highest BCUT2D eigenvalue weighted by atomic mass is 127. The van der Waals surface area contributed by atoms with Gasteiger partial charge in [0.25, 0.3) is 0 Å². The number of para-hydroxylation sites is 1. The number of nitrogens with zero attached hydrogens (tertiary/aromatic N) is 1. The first-order chi connectivity index (χ1) is 15.0. The minimum atomic E-state index is -3.37. The van der Waals surface area contributed by atoms with Gasteiger partial charge in [0, 0.05) is 43.3 Å². The van der Waals surface area contributed by atoms with E-state index in [0.717, 1.165) is 25.7 Å². The SMILES string of the molecule is CCNC(=NCCS(=O)(=O)NCC1CCCCO1)NCCc1c[nH]c2c(C)cccc12.I. The van der Waals surface area contributed by atoms with Crippen LogP contribution in [0.5, 0.6) is 0 Å². The van der Waals surface area contributed by atoms with Gasteiger partial charge in [-0.05, 0) is 50.7 Å². The number of fused-ring (bicyclic) bond motifs is 1. The number of hydrogen-bond acceptors (Lipinski definition) is 4. The molecule has 2 heterocycles. The van der Waals surface area contributed by atoms with Crippen LogP contribution in [0.3, 0.4) is 0 Å². The zero-order valence-corrected chi connectivity index (χ0v) is 22.1. The van der Waals surface area contributed by atoms with E-state index in [1.165, 1.54) is 22.0 Å². The molecule has 0 amide bonds. The van der Waals surface area contributed by atoms with Crippen molar-refractivity contribution >= 4 is 50.9 Å². The van der Waals surface area contributed by atoms with E-state index >= 15 is 0 Å². The number of nitrogens with one attached hydrogen (secondary N) is 4. The van der Waals surface area contributed by atoms with Crippen LogP contribution in [-0.2, 0) is 21.2 Å². The molecule has 0 radical (unpaired) electrons. The van der Waals surface area contributed by atoms with Gasteiger partial charge in [-0.3, -0.25) is 4.99 Å². The van der Waals surface area contributed by atoms with Crippen LogP contribution >= 0.6 is 24.0 Å². The first-order valence-electron chi connectivity index (χ1n) is 11.1. The summed E-state index contributed by atoms with van der Waals surface area (Å²) in [7, 11) is -3.37. The second-order valence-electron chi connectivity index (χ2n) is 7.90. The second kappa shape index (κ2) is 13.4. The molecule has 3 rings (SSSR count). The third kappa shape index (κ3) is 8.20. The predicted molar refractivity (Wildman–Crippen MR) is 142 cm³/mol. The molecule has 4 N–H and O–H groups in total. The number of aromatic nitrogens is 1. The molecule has 0 spiro atoms. The molecular weight excluding hydrogens is 541 g/mol. The summed E-state index contributed by atoms with van der Waals surface area (Å²) in [5.74, 6) is 0.585. The Bertz CT molecular complexity index is 971. The van der Waals surface area contributed by atoms with Crippen molar-refractivity contribution in [1.29, 1.82) is 0 Å². The first kappa shape index (κ1) is 26.9. The maximum absolute atomic E-state index is 12.3. The van der Waals surface area contributed by atoms with Gasteiger partial charge in [0.15, 0.2) is 5.96 Å². The smallest absolute Gasteiger partial charge is 0.213 e. The number of rotatable bonds is 10. The molecule has 1 unspecified atom stereocenters. The Balaban J connectivity index is 0.00000363. The molecule has 8 nitrogen and oxygen atoms in total. The van der Waals surface area contributed by atoms with Crippen LogP contribution in [0.4, 0.5) is 0 Å². The van der Waals surface area contributed by atoms with Crippen molar-refractivity contribution in [2.24, 2.45) is 4.99 Å². The molecule has 0 saturated carbocycles. The fraction of sp³-hybridized carbons (Fsp3) is 0.591. The van der Waals surface area contributed by atoms with Crippen molar-refractivity contribution in [3.63, 3.8) is 0 Å². The highest BCUT2D eigenvalue weighted by molar-refractivity contribution is 14.0. The van der Waals surface area contributed by atoms with Gasteiger partial charge in [-0.15, -0.1) is 24.0 Å². The molecule has 0 aliphatic carbocycles. The maximum Gasteiger partial charge on any atom is 0.213 e. The van der Waals surface area contributed by atoms with Crippen LogP contribution in [0.25, 0.3) is 10.9 Å². The Kier molecular flexibility index (Phi) is 11.2. The fourth-order valence-electron chi connectivity index (χ4n) is 3.77. The molecular formula is C22H36IN5O3S.